The van der Waals surface area contributed by atoms with Crippen LogP contribution in [0.2, 0.25) is 0 Å². The summed E-state index contributed by atoms with van der Waals surface area (Å²) in [5, 5.41) is 5.82. The molecule has 0 aliphatic heterocycles. The lowest BCUT2D eigenvalue weighted by Crippen LogP contribution is -2.39. The van der Waals surface area contributed by atoms with Gasteiger partial charge in [-0.05, 0) is 68.3 Å². The molecule has 1 aliphatic rings. The van der Waals surface area contributed by atoms with Crippen molar-refractivity contribution in [3.05, 3.63) is 84.4 Å². The summed E-state index contributed by atoms with van der Waals surface area (Å²) in [7, 11) is -4.06. The summed E-state index contributed by atoms with van der Waals surface area (Å²) in [5.41, 5.74) is 0.982. The molecule has 0 radical (unpaired) electrons. The van der Waals surface area contributed by atoms with Crippen LogP contribution in [0, 0.1) is 0 Å². The highest BCUT2D eigenvalue weighted by Crippen LogP contribution is 2.26. The van der Waals surface area contributed by atoms with Gasteiger partial charge in [-0.25, -0.2) is 8.42 Å². The van der Waals surface area contributed by atoms with Gasteiger partial charge in [0, 0.05) is 6.04 Å². The van der Waals surface area contributed by atoms with Gasteiger partial charge in [0.2, 0.25) is 5.91 Å². The van der Waals surface area contributed by atoms with Gasteiger partial charge < -0.3 is 15.4 Å². The molecule has 3 aromatic rings. The monoisotopic (exact) mass is 535 g/mol. The lowest BCUT2D eigenvalue weighted by atomic mass is 9.95. The zero-order chi connectivity index (χ0) is 27.0. The average molecular weight is 536 g/mol. The molecule has 2 amide bonds. The van der Waals surface area contributed by atoms with E-state index in [0.717, 1.165) is 30.0 Å². The number of anilines is 2. The number of hydrogen-bond acceptors (Lipinski definition) is 5. The average Bonchev–Trinajstić information content (AvgIpc) is 2.94. The molecule has 0 bridgehead atoms. The van der Waals surface area contributed by atoms with Crippen LogP contribution in [0.15, 0.2) is 83.8 Å². The Labute approximate surface area is 224 Å². The minimum Gasteiger partial charge on any atom is -0.494 e. The van der Waals surface area contributed by atoms with E-state index in [1.54, 1.807) is 66.7 Å². The second-order valence-electron chi connectivity index (χ2n) is 9.15. The molecule has 0 heterocycles. The Morgan fingerprint density at radius 2 is 1.55 bits per heavy atom. The molecular weight excluding hydrogens is 502 g/mol. The van der Waals surface area contributed by atoms with Gasteiger partial charge in [-0.2, -0.15) is 0 Å². The zero-order valence-corrected chi connectivity index (χ0v) is 22.2. The molecule has 2 N–H and O–H groups in total. The fourth-order valence-electron chi connectivity index (χ4n) is 4.53. The van der Waals surface area contributed by atoms with Crippen molar-refractivity contribution < 1.29 is 22.7 Å². The van der Waals surface area contributed by atoms with E-state index in [1.807, 2.05) is 6.92 Å². The molecule has 0 atom stereocenters. The van der Waals surface area contributed by atoms with Crippen molar-refractivity contribution in [2.24, 2.45) is 0 Å². The van der Waals surface area contributed by atoms with Crippen LogP contribution in [0.4, 0.5) is 11.4 Å². The molecule has 0 saturated heterocycles. The molecule has 38 heavy (non-hydrogen) atoms. The van der Waals surface area contributed by atoms with Gasteiger partial charge in [-0.3, -0.25) is 13.9 Å². The maximum Gasteiger partial charge on any atom is 0.264 e. The molecule has 0 spiro atoms. The summed E-state index contributed by atoms with van der Waals surface area (Å²) < 4.78 is 33.7. The van der Waals surface area contributed by atoms with Gasteiger partial charge in [-0.1, -0.05) is 49.6 Å². The van der Waals surface area contributed by atoms with Crippen molar-refractivity contribution in [3.8, 4) is 5.75 Å². The Morgan fingerprint density at radius 3 is 2.24 bits per heavy atom. The number of nitrogens with one attached hydrogen (secondary N) is 2. The number of sulfonamides is 1. The van der Waals surface area contributed by atoms with Crippen LogP contribution >= 0.6 is 0 Å². The maximum atomic E-state index is 13.6. The second-order valence-corrected chi connectivity index (χ2v) is 11.0. The summed E-state index contributed by atoms with van der Waals surface area (Å²) in [6.45, 7) is 1.85. The highest BCUT2D eigenvalue weighted by molar-refractivity contribution is 7.92. The lowest BCUT2D eigenvalue weighted by Gasteiger charge is -2.25. The maximum absolute atomic E-state index is 13.6. The Bertz CT molecular complexity index is 1340. The number of benzene rings is 3. The molecule has 3 aromatic carbocycles. The van der Waals surface area contributed by atoms with Crippen LogP contribution in [-0.2, 0) is 14.8 Å². The molecular formula is C29H33N3O5S. The van der Waals surface area contributed by atoms with Crippen molar-refractivity contribution in [1.82, 2.24) is 5.32 Å². The van der Waals surface area contributed by atoms with Crippen molar-refractivity contribution in [3.63, 3.8) is 0 Å². The Hall–Kier alpha value is -3.85. The first-order valence-corrected chi connectivity index (χ1v) is 14.3. The number of hydrogen-bond donors (Lipinski definition) is 2. The summed E-state index contributed by atoms with van der Waals surface area (Å²) >= 11 is 0. The van der Waals surface area contributed by atoms with E-state index in [2.05, 4.69) is 10.6 Å². The number of ether oxygens (including phenoxy) is 1. The number of carbonyl (C=O) groups is 2. The summed E-state index contributed by atoms with van der Waals surface area (Å²) in [6.07, 6.45) is 5.22. The van der Waals surface area contributed by atoms with E-state index in [1.165, 1.54) is 18.6 Å². The predicted molar refractivity (Wildman–Crippen MR) is 148 cm³/mol. The molecule has 1 fully saturated rings. The summed E-state index contributed by atoms with van der Waals surface area (Å²) in [4.78, 5) is 26.3. The Balaban J connectivity index is 1.56. The fourth-order valence-corrected chi connectivity index (χ4v) is 5.97. The molecule has 0 aromatic heterocycles. The van der Waals surface area contributed by atoms with Crippen molar-refractivity contribution >= 4 is 33.2 Å². The molecule has 1 saturated carbocycles. The number of nitrogens with zero attached hydrogens (tertiary/aromatic N) is 1. The molecule has 9 heteroatoms. The van der Waals surface area contributed by atoms with Gasteiger partial charge in [-0.15, -0.1) is 0 Å². The molecule has 4 rings (SSSR count). The minimum absolute atomic E-state index is 0.0638. The smallest absolute Gasteiger partial charge is 0.264 e. The fraction of sp³-hybridized carbons (Fsp3) is 0.310. The number of para-hydroxylation sites is 1. The first-order chi connectivity index (χ1) is 18.4. The van der Waals surface area contributed by atoms with Crippen LogP contribution in [0.3, 0.4) is 0 Å². The largest absolute Gasteiger partial charge is 0.494 e. The van der Waals surface area contributed by atoms with Crippen molar-refractivity contribution in [2.45, 2.75) is 50.0 Å². The van der Waals surface area contributed by atoms with Gasteiger partial charge in [0.25, 0.3) is 15.9 Å². The predicted octanol–water partition coefficient (Wildman–Crippen LogP) is 4.98. The molecule has 8 nitrogen and oxygen atoms in total. The van der Waals surface area contributed by atoms with Gasteiger partial charge in [0.05, 0.1) is 28.4 Å². The first-order valence-electron chi connectivity index (χ1n) is 12.9. The van der Waals surface area contributed by atoms with Crippen molar-refractivity contribution in [1.29, 1.82) is 0 Å². The van der Waals surface area contributed by atoms with Crippen LogP contribution < -0.4 is 19.7 Å². The molecule has 0 unspecified atom stereocenters. The highest BCUT2D eigenvalue weighted by Gasteiger charge is 2.28. The second kappa shape index (κ2) is 12.6. The minimum atomic E-state index is -4.06. The quantitative estimate of drug-likeness (QED) is 0.381. The van der Waals surface area contributed by atoms with E-state index in [0.29, 0.717) is 29.3 Å². The van der Waals surface area contributed by atoms with Crippen LogP contribution in [0.5, 0.6) is 5.75 Å². The Kier molecular flexibility index (Phi) is 9.02. The molecule has 1 aliphatic carbocycles. The van der Waals surface area contributed by atoms with E-state index in [9.17, 15) is 18.0 Å². The molecule has 200 valence electrons. The summed E-state index contributed by atoms with van der Waals surface area (Å²) in [5.74, 6) is -0.236. The van der Waals surface area contributed by atoms with E-state index in [-0.39, 0.29) is 16.8 Å². The third kappa shape index (κ3) is 6.72. The third-order valence-electron chi connectivity index (χ3n) is 6.44. The van der Waals surface area contributed by atoms with Crippen LogP contribution in [0.25, 0.3) is 0 Å². The van der Waals surface area contributed by atoms with E-state index < -0.39 is 22.5 Å². The third-order valence-corrected chi connectivity index (χ3v) is 8.23. The first kappa shape index (κ1) is 27.2. The van der Waals surface area contributed by atoms with Crippen LogP contribution in [-0.4, -0.2) is 39.4 Å². The Morgan fingerprint density at radius 1 is 0.895 bits per heavy atom. The van der Waals surface area contributed by atoms with Gasteiger partial charge >= 0.3 is 0 Å². The van der Waals surface area contributed by atoms with Gasteiger partial charge in [0.15, 0.2) is 0 Å². The normalized spacial score (nSPS) is 13.9. The summed E-state index contributed by atoms with van der Waals surface area (Å²) in [6, 6.07) is 21.3. The number of carbonyl (C=O) groups excluding carboxylic acids is 2. The number of rotatable bonds is 10. The SMILES string of the molecule is CCOc1ccc(N(CC(=O)Nc2ccccc2C(=O)NC2CCCCC2)S(=O)(=O)c2ccccc2)cc1. The van der Waals surface area contributed by atoms with Crippen LogP contribution in [0.1, 0.15) is 49.4 Å². The topological polar surface area (TPSA) is 105 Å². The number of amides is 2. The lowest BCUT2D eigenvalue weighted by molar-refractivity contribution is -0.114. The van der Waals surface area contributed by atoms with Crippen molar-refractivity contribution in [2.75, 3.05) is 22.8 Å². The van der Waals surface area contributed by atoms with Gasteiger partial charge in [0.1, 0.15) is 12.3 Å². The zero-order valence-electron chi connectivity index (χ0n) is 21.4. The van der Waals surface area contributed by atoms with E-state index in [4.69, 9.17) is 4.74 Å². The standard InChI is InChI=1S/C29H33N3O5S/c1-2-37-24-19-17-23(18-20-24)32(38(35,36)25-13-7-4-8-14-25)21-28(33)31-27-16-10-9-15-26(27)29(34)30-22-11-5-3-6-12-22/h4,7-10,13-20,22H,2-3,5-6,11-12,21H2,1H3,(H,30,34)(H,31,33). The highest BCUT2D eigenvalue weighted by atomic mass is 32.2. The van der Waals surface area contributed by atoms with E-state index >= 15 is 0 Å².